The molecule has 0 atom stereocenters. The summed E-state index contributed by atoms with van der Waals surface area (Å²) in [5.74, 6) is 3.06. The molecule has 0 amide bonds. The Balaban J connectivity index is 1.37. The molecule has 8 nitrogen and oxygen atoms in total. The number of unbranched alkanes of at least 4 members (excludes halogenated alkanes) is 2. The number of benzene rings is 2. The Morgan fingerprint density at radius 1 is 0.943 bits per heavy atom. The van der Waals surface area contributed by atoms with Gasteiger partial charge in [0.15, 0.2) is 35.7 Å². The summed E-state index contributed by atoms with van der Waals surface area (Å²) in [7, 11) is 5.05. The van der Waals surface area contributed by atoms with Crippen LogP contribution in [0.3, 0.4) is 0 Å². The fourth-order valence-corrected chi connectivity index (χ4v) is 4.74. The molecule has 0 saturated carbocycles. The van der Waals surface area contributed by atoms with E-state index in [1.54, 1.807) is 34.0 Å². The van der Waals surface area contributed by atoms with Crippen LogP contribution < -0.4 is 23.5 Å². The summed E-state index contributed by atoms with van der Waals surface area (Å²) in [5, 5.41) is 6.28. The van der Waals surface area contributed by atoms with Gasteiger partial charge in [0, 0.05) is 19.0 Å². The molecule has 4 aromatic rings. The number of rotatable bonds is 10. The molecule has 2 aromatic carbocycles. The molecule has 0 saturated heterocycles. The normalized spacial score (nSPS) is 12.2. The zero-order valence-corrected chi connectivity index (χ0v) is 20.5. The third kappa shape index (κ3) is 4.60. The Morgan fingerprint density at radius 3 is 2.60 bits per heavy atom. The van der Waals surface area contributed by atoms with Gasteiger partial charge in [0.2, 0.25) is 5.69 Å². The van der Waals surface area contributed by atoms with Crippen LogP contribution in [0.4, 0.5) is 0 Å². The first kappa shape index (κ1) is 23.0. The molecule has 0 aliphatic carbocycles. The van der Waals surface area contributed by atoms with Crippen LogP contribution in [0, 0.1) is 0 Å². The lowest BCUT2D eigenvalue weighted by Crippen LogP contribution is -2.40. The van der Waals surface area contributed by atoms with Gasteiger partial charge in [-0.1, -0.05) is 0 Å². The van der Waals surface area contributed by atoms with E-state index in [1.165, 1.54) is 11.1 Å². The van der Waals surface area contributed by atoms with Crippen molar-refractivity contribution in [3.63, 3.8) is 0 Å². The van der Waals surface area contributed by atoms with Crippen molar-refractivity contribution in [2.24, 2.45) is 0 Å². The van der Waals surface area contributed by atoms with Crippen LogP contribution in [0.1, 0.15) is 24.8 Å². The molecule has 5 rings (SSSR count). The van der Waals surface area contributed by atoms with Gasteiger partial charge in [0.05, 0.1) is 38.9 Å². The van der Waals surface area contributed by atoms with Gasteiger partial charge >= 0.3 is 0 Å². The molecule has 0 bridgehead atoms. The average Bonchev–Trinajstić information content (AvgIpc) is 3.41. The lowest BCUT2D eigenvalue weighted by atomic mass is 9.95. The minimum atomic E-state index is 0.640. The van der Waals surface area contributed by atoms with E-state index in [0.717, 1.165) is 78.2 Å². The zero-order valence-electron chi connectivity index (χ0n) is 20.5. The van der Waals surface area contributed by atoms with E-state index >= 15 is 0 Å². The molecular weight excluding hydrogens is 444 g/mol. The molecule has 2 aromatic heterocycles. The number of fused-ring (bicyclic) bond motifs is 4. The van der Waals surface area contributed by atoms with Crippen LogP contribution in [0.2, 0.25) is 0 Å². The van der Waals surface area contributed by atoms with Gasteiger partial charge in [-0.2, -0.15) is 9.67 Å². The van der Waals surface area contributed by atoms with Crippen molar-refractivity contribution >= 4 is 10.8 Å². The van der Waals surface area contributed by atoms with Gasteiger partial charge < -0.3 is 18.9 Å². The van der Waals surface area contributed by atoms with Gasteiger partial charge in [-0.05, 0) is 54.5 Å². The molecule has 0 radical (unpaired) electrons. The van der Waals surface area contributed by atoms with E-state index in [-0.39, 0.29) is 0 Å². The molecule has 35 heavy (non-hydrogen) atoms. The number of aromatic nitrogens is 4. The second-order valence-corrected chi connectivity index (χ2v) is 8.63. The van der Waals surface area contributed by atoms with Gasteiger partial charge in [-0.15, -0.1) is 0 Å². The van der Waals surface area contributed by atoms with Crippen molar-refractivity contribution in [3.05, 3.63) is 54.7 Å². The minimum absolute atomic E-state index is 0.640. The van der Waals surface area contributed by atoms with E-state index in [9.17, 15) is 0 Å². The Morgan fingerprint density at radius 2 is 1.83 bits per heavy atom. The molecule has 0 spiro atoms. The summed E-state index contributed by atoms with van der Waals surface area (Å²) in [5.41, 5.74) is 3.60. The van der Waals surface area contributed by atoms with Crippen LogP contribution in [-0.2, 0) is 19.5 Å². The molecule has 0 fully saturated rings. The van der Waals surface area contributed by atoms with Crippen molar-refractivity contribution in [2.75, 3.05) is 27.9 Å². The summed E-state index contributed by atoms with van der Waals surface area (Å²) in [4.78, 5) is 3.98. The maximum atomic E-state index is 6.20. The van der Waals surface area contributed by atoms with Crippen molar-refractivity contribution in [2.45, 2.75) is 38.8 Å². The highest BCUT2D eigenvalue weighted by Crippen LogP contribution is 2.40. The monoisotopic (exact) mass is 475 g/mol. The van der Waals surface area contributed by atoms with Gasteiger partial charge in [0.1, 0.15) is 12.7 Å². The maximum absolute atomic E-state index is 6.20. The minimum Gasteiger partial charge on any atom is -0.493 e. The van der Waals surface area contributed by atoms with Crippen molar-refractivity contribution in [1.82, 2.24) is 14.8 Å². The highest BCUT2D eigenvalue weighted by atomic mass is 16.5. The lowest BCUT2D eigenvalue weighted by molar-refractivity contribution is -0.686. The zero-order chi connectivity index (χ0) is 24.2. The number of nitrogens with zero attached hydrogens (tertiary/aromatic N) is 4. The molecule has 182 valence electrons. The third-order valence-electron chi connectivity index (χ3n) is 6.55. The number of hydrogen-bond acceptors (Lipinski definition) is 6. The predicted molar refractivity (Wildman–Crippen MR) is 132 cm³/mol. The Bertz CT molecular complexity index is 1320. The summed E-state index contributed by atoms with van der Waals surface area (Å²) in [6, 6.07) is 10.5. The van der Waals surface area contributed by atoms with E-state index in [0.29, 0.717) is 6.61 Å². The van der Waals surface area contributed by atoms with E-state index in [2.05, 4.69) is 45.1 Å². The summed E-state index contributed by atoms with van der Waals surface area (Å²) >= 11 is 0. The summed E-state index contributed by atoms with van der Waals surface area (Å²) < 4.78 is 27.2. The first-order valence-electron chi connectivity index (χ1n) is 12.0. The Labute approximate surface area is 205 Å². The number of methoxy groups -OCH3 is 3. The number of aryl methyl sites for hydroxylation is 3. The second-order valence-electron chi connectivity index (χ2n) is 8.63. The lowest BCUT2D eigenvalue weighted by Gasteiger charge is -2.19. The number of hydrogen-bond donors (Lipinski definition) is 0. The first-order chi connectivity index (χ1) is 17.2. The second kappa shape index (κ2) is 10.2. The van der Waals surface area contributed by atoms with Crippen LogP contribution in [0.15, 0.2) is 49.2 Å². The molecule has 3 heterocycles. The predicted octanol–water partition coefficient (Wildman–Crippen LogP) is 4.22. The number of pyridine rings is 1. The van der Waals surface area contributed by atoms with Crippen molar-refractivity contribution < 1.29 is 23.5 Å². The maximum Gasteiger partial charge on any atom is 0.213 e. The van der Waals surface area contributed by atoms with Crippen LogP contribution in [-0.4, -0.2) is 42.7 Å². The quantitative estimate of drug-likeness (QED) is 0.253. The largest absolute Gasteiger partial charge is 0.493 e. The summed E-state index contributed by atoms with van der Waals surface area (Å²) in [6.07, 6.45) is 9.46. The Hall–Kier alpha value is -3.81. The Kier molecular flexibility index (Phi) is 6.70. The molecule has 0 N–H and O–H groups in total. The molecular formula is C27H31N4O4+. The fourth-order valence-electron chi connectivity index (χ4n) is 4.74. The van der Waals surface area contributed by atoms with Crippen LogP contribution in [0.25, 0.3) is 22.0 Å². The standard InChI is InChI=1S/C27H31N4O4/c1-32-24-8-7-19-13-23-21-15-26(35-12-6-4-5-10-31-18-28-17-29-31)25(33-2)14-20(21)9-11-30(23)16-22(19)27(24)34-3/h7-8,13-18H,4-6,9-12H2,1-3H3/q+1. The SMILES string of the molecule is COc1cc2c(cc1OCCCCCn1cncn1)-c1cc3ccc(OC)c(OC)c3c[n+]1CC2. The first-order valence-corrected chi connectivity index (χ1v) is 12.0. The van der Waals surface area contributed by atoms with Gasteiger partial charge in [-0.3, -0.25) is 4.68 Å². The molecule has 1 aliphatic heterocycles. The van der Waals surface area contributed by atoms with E-state index in [4.69, 9.17) is 18.9 Å². The smallest absolute Gasteiger partial charge is 0.213 e. The fraction of sp³-hybridized carbons (Fsp3) is 0.370. The van der Waals surface area contributed by atoms with E-state index in [1.807, 2.05) is 10.7 Å². The third-order valence-corrected chi connectivity index (χ3v) is 6.55. The molecule has 0 unspecified atom stereocenters. The van der Waals surface area contributed by atoms with Gasteiger partial charge in [-0.25, -0.2) is 4.98 Å². The highest BCUT2D eigenvalue weighted by Gasteiger charge is 2.27. The van der Waals surface area contributed by atoms with Gasteiger partial charge in [0.25, 0.3) is 0 Å². The van der Waals surface area contributed by atoms with Crippen LogP contribution in [0.5, 0.6) is 23.0 Å². The van der Waals surface area contributed by atoms with Crippen LogP contribution >= 0.6 is 0 Å². The topological polar surface area (TPSA) is 71.5 Å². The number of ether oxygens (including phenoxy) is 4. The highest BCUT2D eigenvalue weighted by molar-refractivity contribution is 5.91. The van der Waals surface area contributed by atoms with Crippen molar-refractivity contribution in [3.8, 4) is 34.3 Å². The summed E-state index contributed by atoms with van der Waals surface area (Å²) in [6.45, 7) is 2.40. The van der Waals surface area contributed by atoms with Crippen molar-refractivity contribution in [1.29, 1.82) is 0 Å². The van der Waals surface area contributed by atoms with E-state index < -0.39 is 0 Å². The molecule has 1 aliphatic rings. The molecule has 8 heteroatoms. The average molecular weight is 476 g/mol.